The van der Waals surface area contributed by atoms with Crippen LogP contribution >= 0.6 is 0 Å². The van der Waals surface area contributed by atoms with Gasteiger partial charge in [0.15, 0.2) is 0 Å². The van der Waals surface area contributed by atoms with Gasteiger partial charge in [0.25, 0.3) is 5.91 Å². The summed E-state index contributed by atoms with van der Waals surface area (Å²) in [6.07, 6.45) is 4.90. The molecule has 4 rings (SSSR count). The number of amides is 1. The van der Waals surface area contributed by atoms with Crippen LogP contribution in [0.1, 0.15) is 27.9 Å². The molecule has 3 heterocycles. The maximum absolute atomic E-state index is 12.6. The van der Waals surface area contributed by atoms with Crippen LogP contribution in [0.4, 0.5) is 0 Å². The van der Waals surface area contributed by atoms with Crippen LogP contribution in [-0.2, 0) is 13.0 Å². The monoisotopic (exact) mass is 337 g/mol. The van der Waals surface area contributed by atoms with Crippen LogP contribution in [0.5, 0.6) is 0 Å². The van der Waals surface area contributed by atoms with Gasteiger partial charge in [-0.3, -0.25) is 14.7 Å². The molecule has 0 bridgehead atoms. The SMILES string of the molecule is O=C(c1ccncc1)N1CC[C@@](O)(CN2CCc3ccccc3C2)C1. The minimum atomic E-state index is -0.824. The summed E-state index contributed by atoms with van der Waals surface area (Å²) >= 11 is 0. The Morgan fingerprint density at radius 1 is 1.12 bits per heavy atom. The lowest BCUT2D eigenvalue weighted by molar-refractivity contribution is 0.00805. The molecule has 0 saturated carbocycles. The third-order valence-electron chi connectivity index (χ3n) is 5.27. The molecule has 1 saturated heterocycles. The van der Waals surface area contributed by atoms with E-state index >= 15 is 0 Å². The maximum atomic E-state index is 12.6. The van der Waals surface area contributed by atoms with Crippen molar-refractivity contribution in [1.82, 2.24) is 14.8 Å². The molecule has 1 atom stereocenters. The van der Waals surface area contributed by atoms with Gasteiger partial charge in [0.2, 0.25) is 0 Å². The molecule has 0 aliphatic carbocycles. The van der Waals surface area contributed by atoms with Gasteiger partial charge in [0, 0.05) is 44.1 Å². The standard InChI is InChI=1S/C20H23N3O2/c24-19(17-5-9-21-10-6-17)23-12-8-20(25,15-23)14-22-11-7-16-3-1-2-4-18(16)13-22/h1-6,9-10,25H,7-8,11-15H2/t20-/m1/s1. The average molecular weight is 337 g/mol. The third-order valence-corrected chi connectivity index (χ3v) is 5.27. The van der Waals surface area contributed by atoms with Crippen molar-refractivity contribution in [1.29, 1.82) is 0 Å². The molecule has 2 aromatic rings. The molecule has 2 aliphatic heterocycles. The highest BCUT2D eigenvalue weighted by atomic mass is 16.3. The molecule has 0 spiro atoms. The van der Waals surface area contributed by atoms with Crippen molar-refractivity contribution in [2.75, 3.05) is 26.2 Å². The number of hydrogen-bond donors (Lipinski definition) is 1. The number of hydrogen-bond acceptors (Lipinski definition) is 4. The predicted molar refractivity (Wildman–Crippen MR) is 95.1 cm³/mol. The van der Waals surface area contributed by atoms with Crippen LogP contribution < -0.4 is 0 Å². The number of fused-ring (bicyclic) bond motifs is 1. The third kappa shape index (κ3) is 3.43. The van der Waals surface area contributed by atoms with E-state index in [9.17, 15) is 9.90 Å². The van der Waals surface area contributed by atoms with Crippen LogP contribution in [0.25, 0.3) is 0 Å². The van der Waals surface area contributed by atoms with Crippen molar-refractivity contribution < 1.29 is 9.90 Å². The molecule has 2 aliphatic rings. The van der Waals surface area contributed by atoms with Gasteiger partial charge in [-0.25, -0.2) is 0 Å². The summed E-state index contributed by atoms with van der Waals surface area (Å²) in [6.45, 7) is 3.43. The Morgan fingerprint density at radius 2 is 1.88 bits per heavy atom. The normalized spacial score (nSPS) is 23.5. The number of carbonyl (C=O) groups is 1. The first-order chi connectivity index (χ1) is 12.1. The summed E-state index contributed by atoms with van der Waals surface area (Å²) < 4.78 is 0. The summed E-state index contributed by atoms with van der Waals surface area (Å²) in [5.74, 6) is -0.0256. The van der Waals surface area contributed by atoms with E-state index in [4.69, 9.17) is 0 Å². The molecule has 0 radical (unpaired) electrons. The summed E-state index contributed by atoms with van der Waals surface area (Å²) in [5, 5.41) is 11.0. The lowest BCUT2D eigenvalue weighted by Gasteiger charge is -2.34. The largest absolute Gasteiger partial charge is 0.387 e. The van der Waals surface area contributed by atoms with Gasteiger partial charge < -0.3 is 10.0 Å². The van der Waals surface area contributed by atoms with Gasteiger partial charge >= 0.3 is 0 Å². The van der Waals surface area contributed by atoms with Crippen LogP contribution in [0, 0.1) is 0 Å². The van der Waals surface area contributed by atoms with E-state index in [1.165, 1.54) is 11.1 Å². The second-order valence-electron chi connectivity index (χ2n) is 7.17. The van der Waals surface area contributed by atoms with Crippen LogP contribution in [0.2, 0.25) is 0 Å². The number of benzene rings is 1. The second kappa shape index (κ2) is 6.58. The number of likely N-dealkylation sites (tertiary alicyclic amines) is 1. The lowest BCUT2D eigenvalue weighted by Crippen LogP contribution is -2.47. The Hall–Kier alpha value is -2.24. The van der Waals surface area contributed by atoms with Crippen LogP contribution in [0.3, 0.4) is 0 Å². The van der Waals surface area contributed by atoms with E-state index in [0.717, 1.165) is 19.5 Å². The molecule has 1 N–H and O–H groups in total. The van der Waals surface area contributed by atoms with E-state index < -0.39 is 5.60 Å². The highest BCUT2D eigenvalue weighted by Crippen LogP contribution is 2.27. The Bertz CT molecular complexity index is 765. The molecule has 1 aromatic heterocycles. The van der Waals surface area contributed by atoms with Gasteiger partial charge in [0.05, 0.1) is 12.1 Å². The summed E-state index contributed by atoms with van der Waals surface area (Å²) in [7, 11) is 0. The first kappa shape index (κ1) is 16.2. The number of aromatic nitrogens is 1. The minimum Gasteiger partial charge on any atom is -0.387 e. The van der Waals surface area contributed by atoms with Crippen molar-refractivity contribution in [2.24, 2.45) is 0 Å². The van der Waals surface area contributed by atoms with Crippen molar-refractivity contribution >= 4 is 5.91 Å². The summed E-state index contributed by atoms with van der Waals surface area (Å²) in [6, 6.07) is 12.0. The zero-order chi connectivity index (χ0) is 17.3. The summed E-state index contributed by atoms with van der Waals surface area (Å²) in [5.41, 5.74) is 2.56. The van der Waals surface area contributed by atoms with Crippen LogP contribution in [-0.4, -0.2) is 57.6 Å². The van der Waals surface area contributed by atoms with Gasteiger partial charge in [-0.15, -0.1) is 0 Å². The fourth-order valence-corrected chi connectivity index (χ4v) is 3.94. The number of carbonyl (C=O) groups excluding carboxylic acids is 1. The quantitative estimate of drug-likeness (QED) is 0.926. The summed E-state index contributed by atoms with van der Waals surface area (Å²) in [4.78, 5) is 20.6. The fourth-order valence-electron chi connectivity index (χ4n) is 3.94. The van der Waals surface area contributed by atoms with Crippen molar-refractivity contribution in [3.05, 3.63) is 65.5 Å². The van der Waals surface area contributed by atoms with E-state index in [0.29, 0.717) is 31.6 Å². The Kier molecular flexibility index (Phi) is 4.27. The van der Waals surface area contributed by atoms with Crippen LogP contribution in [0.15, 0.2) is 48.8 Å². The number of pyridine rings is 1. The van der Waals surface area contributed by atoms with Gasteiger partial charge in [0.1, 0.15) is 0 Å². The Morgan fingerprint density at radius 3 is 2.68 bits per heavy atom. The van der Waals surface area contributed by atoms with E-state index in [1.807, 2.05) is 0 Å². The maximum Gasteiger partial charge on any atom is 0.254 e. The molecule has 1 fully saturated rings. The molecular formula is C20H23N3O2. The lowest BCUT2D eigenvalue weighted by atomic mass is 9.97. The highest BCUT2D eigenvalue weighted by molar-refractivity contribution is 5.94. The van der Waals surface area contributed by atoms with Crippen molar-refractivity contribution in [2.45, 2.75) is 25.0 Å². The van der Waals surface area contributed by atoms with Gasteiger partial charge in [-0.2, -0.15) is 0 Å². The smallest absolute Gasteiger partial charge is 0.254 e. The molecule has 5 heteroatoms. The van der Waals surface area contributed by atoms with Crippen molar-refractivity contribution in [3.63, 3.8) is 0 Å². The van der Waals surface area contributed by atoms with E-state index in [-0.39, 0.29) is 5.91 Å². The average Bonchev–Trinajstić information content (AvgIpc) is 3.03. The number of rotatable bonds is 3. The second-order valence-corrected chi connectivity index (χ2v) is 7.17. The Balaban J connectivity index is 1.40. The minimum absolute atomic E-state index is 0.0256. The zero-order valence-electron chi connectivity index (χ0n) is 14.3. The number of nitrogens with zero attached hydrogens (tertiary/aromatic N) is 3. The van der Waals surface area contributed by atoms with Gasteiger partial charge in [-0.05, 0) is 36.1 Å². The molecular weight excluding hydrogens is 314 g/mol. The van der Waals surface area contributed by atoms with E-state index in [2.05, 4.69) is 34.1 Å². The highest BCUT2D eigenvalue weighted by Gasteiger charge is 2.40. The van der Waals surface area contributed by atoms with Gasteiger partial charge in [-0.1, -0.05) is 24.3 Å². The molecule has 1 amide bonds. The topological polar surface area (TPSA) is 56.7 Å². The number of β-amino-alcohol motifs (C(OH)–C–C–N with tert-alkyl or cyclic N) is 1. The molecule has 1 aromatic carbocycles. The first-order valence-corrected chi connectivity index (χ1v) is 8.84. The molecule has 0 unspecified atom stereocenters. The van der Waals surface area contributed by atoms with Crippen molar-refractivity contribution in [3.8, 4) is 0 Å². The fraction of sp³-hybridized carbons (Fsp3) is 0.400. The van der Waals surface area contributed by atoms with E-state index in [1.54, 1.807) is 29.4 Å². The molecule has 25 heavy (non-hydrogen) atoms. The Labute approximate surface area is 147 Å². The molecule has 130 valence electrons. The number of aliphatic hydroxyl groups is 1. The molecule has 5 nitrogen and oxygen atoms in total. The predicted octanol–water partition coefficient (Wildman–Crippen LogP) is 1.72. The first-order valence-electron chi connectivity index (χ1n) is 8.84. The zero-order valence-corrected chi connectivity index (χ0v) is 14.3.